The van der Waals surface area contributed by atoms with E-state index < -0.39 is 0 Å². The van der Waals surface area contributed by atoms with Crippen LogP contribution in [0.15, 0.2) is 54.6 Å². The highest BCUT2D eigenvalue weighted by Gasteiger charge is 2.34. The maximum absolute atomic E-state index is 12.8. The van der Waals surface area contributed by atoms with E-state index in [0.29, 0.717) is 24.1 Å². The lowest BCUT2D eigenvalue weighted by Gasteiger charge is -2.36. The Kier molecular flexibility index (Phi) is 17.4. The van der Waals surface area contributed by atoms with Crippen LogP contribution in [0, 0.1) is 0 Å². The molecule has 2 aromatic rings. The van der Waals surface area contributed by atoms with Crippen LogP contribution in [0.3, 0.4) is 0 Å². The molecule has 0 radical (unpaired) electrons. The molecule has 0 fully saturated rings. The maximum Gasteiger partial charge on any atom is 0.364 e. The molecule has 40 heavy (non-hydrogen) atoms. The topological polar surface area (TPSA) is 35.5 Å². The van der Waals surface area contributed by atoms with Crippen LogP contribution >= 0.6 is 0 Å². The lowest BCUT2D eigenvalue weighted by atomic mass is 10.0. The van der Waals surface area contributed by atoms with Gasteiger partial charge < -0.3 is 14.0 Å². The zero-order valence-corrected chi connectivity index (χ0v) is 26.2. The third-order valence-corrected chi connectivity index (χ3v) is 7.98. The first-order valence-electron chi connectivity index (χ1n) is 16.2. The number of unbranched alkanes of at least 4 members (excludes halogenated alkanes) is 11. The lowest BCUT2D eigenvalue weighted by Crippen LogP contribution is -2.52. The number of hydrogen-bond donors (Lipinski definition) is 0. The molecule has 0 aromatic heterocycles. The molecule has 0 saturated carbocycles. The molecule has 4 nitrogen and oxygen atoms in total. The van der Waals surface area contributed by atoms with Crippen molar-refractivity contribution in [3.05, 3.63) is 65.7 Å². The number of quaternary nitrogens is 1. The minimum absolute atomic E-state index is 0.120. The third kappa shape index (κ3) is 14.3. The van der Waals surface area contributed by atoms with Gasteiger partial charge in [-0.15, -0.1) is 0 Å². The number of rotatable bonds is 23. The average molecular weight is 553 g/mol. The van der Waals surface area contributed by atoms with Crippen molar-refractivity contribution >= 4 is 5.97 Å². The van der Waals surface area contributed by atoms with Crippen LogP contribution in [0.5, 0.6) is 5.75 Å². The lowest BCUT2D eigenvalue weighted by molar-refractivity contribution is -0.919. The molecule has 4 heteroatoms. The smallest absolute Gasteiger partial charge is 0.364 e. The van der Waals surface area contributed by atoms with Gasteiger partial charge in [0.1, 0.15) is 12.3 Å². The second-order valence-electron chi connectivity index (χ2n) is 12.0. The summed E-state index contributed by atoms with van der Waals surface area (Å²) >= 11 is 0. The number of likely N-dealkylation sites (N-methyl/N-ethyl adjacent to an activating group) is 1. The minimum atomic E-state index is -0.182. The Morgan fingerprint density at radius 2 is 1.25 bits per heavy atom. The van der Waals surface area contributed by atoms with Crippen LogP contribution in [0.1, 0.15) is 115 Å². The van der Waals surface area contributed by atoms with E-state index in [0.717, 1.165) is 25.1 Å². The fourth-order valence-electron chi connectivity index (χ4n) is 5.55. The van der Waals surface area contributed by atoms with Crippen molar-refractivity contribution in [1.29, 1.82) is 0 Å². The SMILES string of the molecule is CCCCCCCCCCCCCCc1ccc(OCCCOC(=O)C(CC)[N+](C)(C)Cc2ccccc2)cc1. The summed E-state index contributed by atoms with van der Waals surface area (Å²) < 4.78 is 12.1. The number of hydrogen-bond acceptors (Lipinski definition) is 3. The van der Waals surface area contributed by atoms with Crippen LogP contribution in [-0.4, -0.2) is 43.8 Å². The number of carbonyl (C=O) groups is 1. The van der Waals surface area contributed by atoms with Crippen LogP contribution in [0.2, 0.25) is 0 Å². The van der Waals surface area contributed by atoms with E-state index in [-0.39, 0.29) is 12.0 Å². The van der Waals surface area contributed by atoms with Gasteiger partial charge in [-0.05, 0) is 30.5 Å². The molecule has 224 valence electrons. The summed E-state index contributed by atoms with van der Waals surface area (Å²) in [6.45, 7) is 6.07. The molecule has 0 spiro atoms. The summed E-state index contributed by atoms with van der Waals surface area (Å²) in [7, 11) is 4.21. The van der Waals surface area contributed by atoms with Crippen molar-refractivity contribution in [2.45, 2.75) is 123 Å². The van der Waals surface area contributed by atoms with E-state index in [2.05, 4.69) is 64.3 Å². The van der Waals surface area contributed by atoms with Gasteiger partial charge >= 0.3 is 5.97 Å². The average Bonchev–Trinajstić information content (AvgIpc) is 2.94. The van der Waals surface area contributed by atoms with Gasteiger partial charge in [0.2, 0.25) is 0 Å². The molecule has 0 heterocycles. The molecule has 0 saturated heterocycles. The molecular formula is C36H58NO3+. The summed E-state index contributed by atoms with van der Waals surface area (Å²) in [5, 5.41) is 0. The standard InChI is InChI=1S/C36H58NO3/c1-5-7-8-9-10-11-12-13-14-15-16-18-22-32-25-27-34(28-26-32)39-29-21-30-40-36(38)35(6-2)37(3,4)31-33-23-19-17-20-24-33/h17,19-20,23-28,35H,5-16,18,21-22,29-31H2,1-4H3/q+1. The monoisotopic (exact) mass is 552 g/mol. The van der Waals surface area contributed by atoms with Gasteiger partial charge in [0, 0.05) is 18.4 Å². The van der Waals surface area contributed by atoms with Crippen LogP contribution in [-0.2, 0) is 22.5 Å². The Balaban J connectivity index is 1.53. The number of ether oxygens (including phenoxy) is 2. The fourth-order valence-corrected chi connectivity index (χ4v) is 5.55. The summed E-state index contributed by atoms with van der Waals surface area (Å²) in [5.74, 6) is 0.766. The number of carbonyl (C=O) groups excluding carboxylic acids is 1. The predicted molar refractivity (Wildman–Crippen MR) is 169 cm³/mol. The first kappa shape index (κ1) is 33.9. The number of benzene rings is 2. The number of aryl methyl sites for hydroxylation is 1. The van der Waals surface area contributed by atoms with E-state index >= 15 is 0 Å². The molecule has 0 N–H and O–H groups in total. The van der Waals surface area contributed by atoms with Gasteiger partial charge in [-0.1, -0.05) is 127 Å². The second kappa shape index (κ2) is 20.5. The van der Waals surface area contributed by atoms with Crippen molar-refractivity contribution in [3.63, 3.8) is 0 Å². The molecular weight excluding hydrogens is 494 g/mol. The Hall–Kier alpha value is -2.33. The Bertz CT molecular complexity index is 894. The van der Waals surface area contributed by atoms with E-state index in [9.17, 15) is 4.79 Å². The highest BCUT2D eigenvalue weighted by Crippen LogP contribution is 2.19. The van der Waals surface area contributed by atoms with Crippen molar-refractivity contribution in [1.82, 2.24) is 0 Å². The summed E-state index contributed by atoms with van der Waals surface area (Å²) in [6.07, 6.45) is 19.2. The molecule has 0 aliphatic carbocycles. The van der Waals surface area contributed by atoms with Gasteiger partial charge in [0.15, 0.2) is 6.04 Å². The number of nitrogens with zero attached hydrogens (tertiary/aromatic N) is 1. The fraction of sp³-hybridized carbons (Fsp3) is 0.639. The van der Waals surface area contributed by atoms with Crippen molar-refractivity contribution in [3.8, 4) is 5.75 Å². The van der Waals surface area contributed by atoms with Gasteiger partial charge in [0.25, 0.3) is 0 Å². The van der Waals surface area contributed by atoms with E-state index in [4.69, 9.17) is 9.47 Å². The Morgan fingerprint density at radius 3 is 1.82 bits per heavy atom. The molecule has 2 rings (SSSR count). The van der Waals surface area contributed by atoms with Crippen molar-refractivity contribution in [2.75, 3.05) is 27.3 Å². The molecule has 0 bridgehead atoms. The zero-order chi connectivity index (χ0) is 28.9. The zero-order valence-electron chi connectivity index (χ0n) is 26.2. The van der Waals surface area contributed by atoms with Crippen LogP contribution in [0.25, 0.3) is 0 Å². The number of esters is 1. The second-order valence-corrected chi connectivity index (χ2v) is 12.0. The van der Waals surface area contributed by atoms with Gasteiger partial charge in [-0.3, -0.25) is 0 Å². The highest BCUT2D eigenvalue weighted by atomic mass is 16.5. The Labute approximate surface area is 246 Å². The van der Waals surface area contributed by atoms with E-state index in [1.165, 1.54) is 88.2 Å². The van der Waals surface area contributed by atoms with Crippen LogP contribution in [0.4, 0.5) is 0 Å². The minimum Gasteiger partial charge on any atom is -0.493 e. The summed E-state index contributed by atoms with van der Waals surface area (Å²) in [5.41, 5.74) is 2.61. The molecule has 1 atom stereocenters. The highest BCUT2D eigenvalue weighted by molar-refractivity contribution is 5.74. The van der Waals surface area contributed by atoms with E-state index in [1.54, 1.807) is 0 Å². The maximum atomic E-state index is 12.8. The van der Waals surface area contributed by atoms with E-state index in [1.807, 2.05) is 18.2 Å². The Morgan fingerprint density at radius 1 is 0.675 bits per heavy atom. The van der Waals surface area contributed by atoms with Crippen molar-refractivity contribution in [2.24, 2.45) is 0 Å². The summed E-state index contributed by atoms with van der Waals surface area (Å²) in [4.78, 5) is 12.8. The first-order valence-corrected chi connectivity index (χ1v) is 16.2. The van der Waals surface area contributed by atoms with Crippen LogP contribution < -0.4 is 4.74 Å². The quantitative estimate of drug-likeness (QED) is 0.0783. The molecule has 0 amide bonds. The first-order chi connectivity index (χ1) is 19.5. The van der Waals surface area contributed by atoms with Gasteiger partial charge in [0.05, 0.1) is 27.3 Å². The molecule has 0 aliphatic rings. The van der Waals surface area contributed by atoms with Gasteiger partial charge in [-0.2, -0.15) is 0 Å². The molecule has 1 unspecified atom stereocenters. The largest absolute Gasteiger partial charge is 0.493 e. The van der Waals surface area contributed by atoms with Crippen molar-refractivity contribution < 1.29 is 18.8 Å². The third-order valence-electron chi connectivity index (χ3n) is 7.98. The molecule has 0 aliphatic heterocycles. The summed E-state index contributed by atoms with van der Waals surface area (Å²) in [6, 6.07) is 18.7. The predicted octanol–water partition coefficient (Wildman–Crippen LogP) is 9.30. The normalized spacial score (nSPS) is 12.3. The van der Waals surface area contributed by atoms with Gasteiger partial charge in [-0.25, -0.2) is 4.79 Å². The molecule has 2 aromatic carbocycles.